The second-order valence-corrected chi connectivity index (χ2v) is 6.68. The molecule has 2 aromatic carbocycles. The van der Waals surface area contributed by atoms with Crippen molar-refractivity contribution < 1.29 is 12.8 Å². The first-order valence-electron chi connectivity index (χ1n) is 6.80. The van der Waals surface area contributed by atoms with E-state index in [9.17, 15) is 13.2 Å². The van der Waals surface area contributed by atoms with Crippen molar-refractivity contribution in [3.8, 4) is 0 Å². The zero-order valence-electron chi connectivity index (χ0n) is 12.2. The molecule has 7 heteroatoms. The van der Waals surface area contributed by atoms with Crippen LogP contribution in [0.2, 0.25) is 0 Å². The third-order valence-corrected chi connectivity index (χ3v) is 4.94. The Labute approximate surface area is 132 Å². The van der Waals surface area contributed by atoms with Crippen LogP contribution >= 0.6 is 0 Å². The van der Waals surface area contributed by atoms with Gasteiger partial charge in [0.25, 0.3) is 10.0 Å². The van der Waals surface area contributed by atoms with Gasteiger partial charge in [-0.3, -0.25) is 4.72 Å². The molecule has 0 fully saturated rings. The number of benzene rings is 2. The average molecular weight is 330 g/mol. The van der Waals surface area contributed by atoms with Crippen molar-refractivity contribution in [2.45, 2.75) is 11.8 Å². The van der Waals surface area contributed by atoms with E-state index in [1.54, 1.807) is 43.3 Å². The Morgan fingerprint density at radius 3 is 2.43 bits per heavy atom. The molecular formula is C16H14N2O4S. The Morgan fingerprint density at radius 1 is 1.04 bits per heavy atom. The van der Waals surface area contributed by atoms with Gasteiger partial charge in [0, 0.05) is 5.39 Å². The molecule has 0 saturated heterocycles. The molecule has 118 valence electrons. The highest BCUT2D eigenvalue weighted by molar-refractivity contribution is 7.92. The summed E-state index contributed by atoms with van der Waals surface area (Å²) in [4.78, 5) is 12.0. The van der Waals surface area contributed by atoms with Gasteiger partial charge in [0.2, 0.25) is 0 Å². The fourth-order valence-electron chi connectivity index (χ4n) is 2.34. The Morgan fingerprint density at radius 2 is 1.70 bits per heavy atom. The van der Waals surface area contributed by atoms with E-state index in [-0.39, 0.29) is 16.3 Å². The van der Waals surface area contributed by atoms with Crippen molar-refractivity contribution in [1.29, 1.82) is 0 Å². The highest BCUT2D eigenvalue weighted by Crippen LogP contribution is 2.25. The molecule has 0 radical (unpaired) electrons. The number of nitrogens with one attached hydrogen (secondary N) is 1. The first-order chi connectivity index (χ1) is 10.9. The van der Waals surface area contributed by atoms with Gasteiger partial charge in [-0.1, -0.05) is 30.3 Å². The highest BCUT2D eigenvalue weighted by atomic mass is 32.2. The number of aryl methyl sites for hydroxylation is 1. The molecule has 0 spiro atoms. The van der Waals surface area contributed by atoms with Gasteiger partial charge in [0.1, 0.15) is 16.2 Å². The van der Waals surface area contributed by atoms with E-state index in [0.29, 0.717) is 16.5 Å². The highest BCUT2D eigenvalue weighted by Gasteiger charge is 2.21. The third kappa shape index (κ3) is 2.66. The summed E-state index contributed by atoms with van der Waals surface area (Å²) < 4.78 is 32.4. The van der Waals surface area contributed by atoms with Crippen LogP contribution in [0.1, 0.15) is 5.56 Å². The van der Waals surface area contributed by atoms with Gasteiger partial charge >= 0.3 is 5.63 Å². The zero-order valence-corrected chi connectivity index (χ0v) is 13.1. The van der Waals surface area contributed by atoms with E-state index in [0.717, 1.165) is 0 Å². The number of fused-ring (bicyclic) bond motifs is 1. The smallest absolute Gasteiger partial charge is 0.361 e. The van der Waals surface area contributed by atoms with E-state index in [2.05, 4.69) is 4.72 Å². The molecule has 0 aliphatic rings. The van der Waals surface area contributed by atoms with Crippen LogP contribution in [0.25, 0.3) is 11.0 Å². The molecule has 0 saturated carbocycles. The van der Waals surface area contributed by atoms with Crippen LogP contribution in [-0.4, -0.2) is 8.42 Å². The molecule has 0 amide bonds. The maximum absolute atomic E-state index is 12.5. The number of anilines is 2. The third-order valence-electron chi connectivity index (χ3n) is 3.52. The summed E-state index contributed by atoms with van der Waals surface area (Å²) in [6, 6.07) is 13.0. The summed E-state index contributed by atoms with van der Waals surface area (Å²) in [7, 11) is -3.99. The lowest BCUT2D eigenvalue weighted by atomic mass is 10.1. The van der Waals surface area contributed by atoms with Gasteiger partial charge in [-0.15, -0.1) is 0 Å². The van der Waals surface area contributed by atoms with Crippen molar-refractivity contribution in [3.05, 3.63) is 64.5 Å². The zero-order chi connectivity index (χ0) is 16.6. The second kappa shape index (κ2) is 5.44. The monoisotopic (exact) mass is 330 g/mol. The first kappa shape index (κ1) is 15.1. The van der Waals surface area contributed by atoms with Gasteiger partial charge in [0.15, 0.2) is 0 Å². The van der Waals surface area contributed by atoms with Crippen LogP contribution in [0.3, 0.4) is 0 Å². The molecule has 1 aromatic heterocycles. The van der Waals surface area contributed by atoms with E-state index in [1.165, 1.54) is 12.1 Å². The van der Waals surface area contributed by atoms with Gasteiger partial charge in [-0.2, -0.15) is 0 Å². The van der Waals surface area contributed by atoms with Crippen LogP contribution < -0.4 is 16.1 Å². The normalized spacial score (nSPS) is 11.5. The summed E-state index contributed by atoms with van der Waals surface area (Å²) in [5.74, 6) is 0. The molecule has 3 aromatic rings. The number of sulfonamides is 1. The summed E-state index contributed by atoms with van der Waals surface area (Å²) >= 11 is 0. The molecule has 0 bridgehead atoms. The molecule has 0 atom stereocenters. The molecule has 0 unspecified atom stereocenters. The molecule has 0 aliphatic carbocycles. The number of nitrogen functional groups attached to an aromatic ring is 1. The van der Waals surface area contributed by atoms with Crippen molar-refractivity contribution >= 4 is 32.4 Å². The Kier molecular flexibility index (Phi) is 3.57. The van der Waals surface area contributed by atoms with E-state index in [4.69, 9.17) is 10.2 Å². The number of nitrogens with two attached hydrogens (primary N) is 1. The minimum Gasteiger partial charge on any atom is -0.421 e. The molecule has 0 aliphatic heterocycles. The molecule has 6 nitrogen and oxygen atoms in total. The van der Waals surface area contributed by atoms with Crippen molar-refractivity contribution in [2.75, 3.05) is 10.5 Å². The topological polar surface area (TPSA) is 102 Å². The van der Waals surface area contributed by atoms with Crippen molar-refractivity contribution in [2.24, 2.45) is 0 Å². The van der Waals surface area contributed by atoms with Crippen LogP contribution in [0.15, 0.2) is 62.6 Å². The minimum atomic E-state index is -3.99. The number of rotatable bonds is 3. The quantitative estimate of drug-likeness (QED) is 0.567. The lowest BCUT2D eigenvalue weighted by Gasteiger charge is -2.12. The molecule has 3 rings (SSSR count). The SMILES string of the molecule is Cc1c(NS(=O)(=O)c2ccccc2N)c(=O)oc2ccccc12. The number of hydrogen-bond acceptors (Lipinski definition) is 5. The van der Waals surface area contributed by atoms with Gasteiger partial charge < -0.3 is 10.2 Å². The van der Waals surface area contributed by atoms with E-state index in [1.807, 2.05) is 0 Å². The number of para-hydroxylation sites is 2. The van der Waals surface area contributed by atoms with Gasteiger partial charge in [0.05, 0.1) is 5.69 Å². The maximum Gasteiger partial charge on any atom is 0.361 e. The fourth-order valence-corrected chi connectivity index (χ4v) is 3.59. The summed E-state index contributed by atoms with van der Waals surface area (Å²) in [5.41, 5.74) is 5.83. The predicted molar refractivity (Wildman–Crippen MR) is 88.9 cm³/mol. The second-order valence-electron chi connectivity index (χ2n) is 5.03. The molecule has 3 N–H and O–H groups in total. The van der Waals surface area contributed by atoms with E-state index < -0.39 is 15.6 Å². The minimum absolute atomic E-state index is 0.0908. The van der Waals surface area contributed by atoms with Crippen LogP contribution in [0, 0.1) is 6.92 Å². The summed E-state index contributed by atoms with van der Waals surface area (Å²) in [6.07, 6.45) is 0. The van der Waals surface area contributed by atoms with Crippen LogP contribution in [0.5, 0.6) is 0 Å². The first-order valence-corrected chi connectivity index (χ1v) is 8.28. The van der Waals surface area contributed by atoms with Crippen molar-refractivity contribution in [1.82, 2.24) is 0 Å². The summed E-state index contributed by atoms with van der Waals surface area (Å²) in [6.45, 7) is 1.66. The lowest BCUT2D eigenvalue weighted by molar-refractivity contribution is 0.561. The van der Waals surface area contributed by atoms with Crippen molar-refractivity contribution in [3.63, 3.8) is 0 Å². The number of hydrogen-bond donors (Lipinski definition) is 2. The maximum atomic E-state index is 12.5. The van der Waals surface area contributed by atoms with Crippen LogP contribution in [-0.2, 0) is 10.0 Å². The van der Waals surface area contributed by atoms with E-state index >= 15 is 0 Å². The Hall–Kier alpha value is -2.80. The summed E-state index contributed by atoms with van der Waals surface area (Å²) in [5, 5.41) is 0.658. The fraction of sp³-hybridized carbons (Fsp3) is 0.0625. The largest absolute Gasteiger partial charge is 0.421 e. The molecule has 1 heterocycles. The molecule has 23 heavy (non-hydrogen) atoms. The Bertz CT molecular complexity index is 1060. The van der Waals surface area contributed by atoms with Crippen LogP contribution in [0.4, 0.5) is 11.4 Å². The predicted octanol–water partition coefficient (Wildman–Crippen LogP) is 2.48. The average Bonchev–Trinajstić information content (AvgIpc) is 2.52. The van der Waals surface area contributed by atoms with Gasteiger partial charge in [-0.25, -0.2) is 13.2 Å². The lowest BCUT2D eigenvalue weighted by Crippen LogP contribution is -2.20. The van der Waals surface area contributed by atoms with Gasteiger partial charge in [-0.05, 0) is 30.7 Å². The molecular weight excluding hydrogens is 316 g/mol. The Balaban J connectivity index is 2.15. The standard InChI is InChI=1S/C16H14N2O4S/c1-10-11-6-2-4-8-13(11)22-16(19)15(10)18-23(20,21)14-9-5-3-7-12(14)17/h2-9,18H,17H2,1H3.